The summed E-state index contributed by atoms with van der Waals surface area (Å²) in [6.07, 6.45) is -5.13. The lowest BCUT2D eigenvalue weighted by Crippen LogP contribution is -2.27. The lowest BCUT2D eigenvalue weighted by molar-refractivity contribution is -0.153. The molecule has 0 aliphatic rings. The van der Waals surface area contributed by atoms with Crippen LogP contribution in [0.5, 0.6) is 5.75 Å². The second-order valence-electron chi connectivity index (χ2n) is 4.99. The third-order valence-electron chi connectivity index (χ3n) is 1.81. The first-order valence-electron chi connectivity index (χ1n) is 5.76. The molecule has 0 heterocycles. The van der Waals surface area contributed by atoms with Crippen LogP contribution in [0.2, 0.25) is 0 Å². The number of ether oxygens (including phenoxy) is 2. The van der Waals surface area contributed by atoms with Crippen LogP contribution in [-0.4, -0.2) is 24.5 Å². The lowest BCUT2D eigenvalue weighted by atomic mass is 10.2. The number of carbonyl (C=O) groups excluding carboxylic acids is 1. The van der Waals surface area contributed by atoms with Gasteiger partial charge in [-0.2, -0.15) is 13.2 Å². The van der Waals surface area contributed by atoms with Crippen molar-refractivity contribution in [2.24, 2.45) is 0 Å². The molecule has 20 heavy (non-hydrogen) atoms. The molecule has 1 N–H and O–H groups in total. The first-order chi connectivity index (χ1) is 9.05. The predicted molar refractivity (Wildman–Crippen MR) is 66.7 cm³/mol. The van der Waals surface area contributed by atoms with Crippen LogP contribution in [-0.2, 0) is 4.74 Å². The van der Waals surface area contributed by atoms with Gasteiger partial charge in [-0.25, -0.2) is 4.79 Å². The molecule has 1 aromatic rings. The summed E-state index contributed by atoms with van der Waals surface area (Å²) < 4.78 is 45.6. The number of alkyl halides is 3. The van der Waals surface area contributed by atoms with Gasteiger partial charge in [0.1, 0.15) is 11.4 Å². The van der Waals surface area contributed by atoms with E-state index in [-0.39, 0.29) is 11.4 Å². The van der Waals surface area contributed by atoms with Crippen LogP contribution >= 0.6 is 0 Å². The van der Waals surface area contributed by atoms with Gasteiger partial charge in [0, 0.05) is 11.8 Å². The number of nitrogens with one attached hydrogen (secondary N) is 1. The topological polar surface area (TPSA) is 47.6 Å². The average Bonchev–Trinajstić information content (AvgIpc) is 2.23. The summed E-state index contributed by atoms with van der Waals surface area (Å²) in [5.41, 5.74) is -0.433. The zero-order chi connectivity index (χ0) is 15.4. The number of amides is 1. The van der Waals surface area contributed by atoms with Gasteiger partial charge in [-0.15, -0.1) is 0 Å². The highest BCUT2D eigenvalue weighted by Crippen LogP contribution is 2.21. The second-order valence-corrected chi connectivity index (χ2v) is 4.99. The SMILES string of the molecule is CC(C)(C)OC(=O)Nc1c[c]cc(OCC(F)(F)F)c1. The van der Waals surface area contributed by atoms with Crippen molar-refractivity contribution in [1.82, 2.24) is 0 Å². The van der Waals surface area contributed by atoms with E-state index in [1.54, 1.807) is 20.8 Å². The molecule has 1 aromatic carbocycles. The van der Waals surface area contributed by atoms with Crippen molar-refractivity contribution in [2.75, 3.05) is 11.9 Å². The quantitative estimate of drug-likeness (QED) is 0.921. The third kappa shape index (κ3) is 6.86. The van der Waals surface area contributed by atoms with Crippen LogP contribution in [0, 0.1) is 6.07 Å². The lowest BCUT2D eigenvalue weighted by Gasteiger charge is -2.19. The number of rotatable bonds is 3. The molecular formula is C13H15F3NO3. The largest absolute Gasteiger partial charge is 0.484 e. The van der Waals surface area contributed by atoms with Crippen molar-refractivity contribution >= 4 is 11.8 Å². The van der Waals surface area contributed by atoms with Crippen molar-refractivity contribution < 1.29 is 27.4 Å². The van der Waals surface area contributed by atoms with Gasteiger partial charge in [0.25, 0.3) is 0 Å². The number of hydrogen-bond acceptors (Lipinski definition) is 3. The number of benzene rings is 1. The van der Waals surface area contributed by atoms with Crippen LogP contribution in [0.15, 0.2) is 18.2 Å². The normalized spacial score (nSPS) is 11.9. The van der Waals surface area contributed by atoms with Gasteiger partial charge < -0.3 is 9.47 Å². The minimum Gasteiger partial charge on any atom is -0.484 e. The van der Waals surface area contributed by atoms with E-state index in [4.69, 9.17) is 4.74 Å². The maximum atomic E-state index is 12.0. The first kappa shape index (κ1) is 16.1. The van der Waals surface area contributed by atoms with E-state index in [0.29, 0.717) is 0 Å². The maximum absolute atomic E-state index is 12.0. The summed E-state index contributed by atoms with van der Waals surface area (Å²) in [4.78, 5) is 11.5. The maximum Gasteiger partial charge on any atom is 0.422 e. The summed E-state index contributed by atoms with van der Waals surface area (Å²) in [6, 6.07) is 6.46. The molecule has 0 saturated carbocycles. The van der Waals surface area contributed by atoms with Crippen LogP contribution in [0.1, 0.15) is 20.8 Å². The van der Waals surface area contributed by atoms with Crippen molar-refractivity contribution in [2.45, 2.75) is 32.5 Å². The molecule has 0 aromatic heterocycles. The summed E-state index contributed by atoms with van der Waals surface area (Å²) in [7, 11) is 0. The average molecular weight is 290 g/mol. The Morgan fingerprint density at radius 1 is 1.30 bits per heavy atom. The van der Waals surface area contributed by atoms with Crippen molar-refractivity contribution in [3.8, 4) is 5.75 Å². The van der Waals surface area contributed by atoms with E-state index in [9.17, 15) is 18.0 Å². The van der Waals surface area contributed by atoms with Gasteiger partial charge >= 0.3 is 12.3 Å². The predicted octanol–water partition coefficient (Wildman–Crippen LogP) is 3.77. The van der Waals surface area contributed by atoms with E-state index in [1.807, 2.05) is 0 Å². The molecule has 111 valence electrons. The highest BCUT2D eigenvalue weighted by molar-refractivity contribution is 5.85. The Kier molecular flexibility index (Phi) is 4.86. The molecule has 1 radical (unpaired) electrons. The Hall–Kier alpha value is -1.92. The Morgan fingerprint density at radius 2 is 1.95 bits per heavy atom. The van der Waals surface area contributed by atoms with Gasteiger partial charge in [-0.1, -0.05) is 0 Å². The summed E-state index contributed by atoms with van der Waals surface area (Å²) >= 11 is 0. The molecule has 0 aliphatic heterocycles. The fraction of sp³-hybridized carbons (Fsp3) is 0.462. The highest BCUT2D eigenvalue weighted by Gasteiger charge is 2.28. The van der Waals surface area contributed by atoms with E-state index in [2.05, 4.69) is 16.1 Å². The van der Waals surface area contributed by atoms with Gasteiger partial charge in [0.15, 0.2) is 6.61 Å². The molecule has 1 amide bonds. The molecule has 4 nitrogen and oxygen atoms in total. The first-order valence-corrected chi connectivity index (χ1v) is 5.76. The molecule has 0 fully saturated rings. The van der Waals surface area contributed by atoms with Gasteiger partial charge in [0.2, 0.25) is 0 Å². The minimum atomic E-state index is -4.42. The molecule has 0 bridgehead atoms. The van der Waals surface area contributed by atoms with Crippen molar-refractivity contribution in [1.29, 1.82) is 0 Å². The zero-order valence-corrected chi connectivity index (χ0v) is 11.3. The molecule has 0 spiro atoms. The zero-order valence-electron chi connectivity index (χ0n) is 11.3. The number of anilines is 1. The van der Waals surface area contributed by atoms with Crippen molar-refractivity contribution in [3.63, 3.8) is 0 Å². The molecule has 0 atom stereocenters. The number of hydrogen-bond donors (Lipinski definition) is 1. The van der Waals surface area contributed by atoms with Gasteiger partial charge in [-0.3, -0.25) is 5.32 Å². The fourth-order valence-electron chi connectivity index (χ4n) is 1.19. The Morgan fingerprint density at radius 3 is 2.50 bits per heavy atom. The van der Waals surface area contributed by atoms with Crippen LogP contribution in [0.25, 0.3) is 0 Å². The molecule has 0 aliphatic carbocycles. The Bertz CT molecular complexity index is 467. The molecule has 7 heteroatoms. The van der Waals surface area contributed by atoms with E-state index in [0.717, 1.165) is 0 Å². The van der Waals surface area contributed by atoms with E-state index >= 15 is 0 Å². The summed E-state index contributed by atoms with van der Waals surface area (Å²) in [5, 5.41) is 2.38. The third-order valence-corrected chi connectivity index (χ3v) is 1.81. The molecule has 0 saturated heterocycles. The summed E-state index contributed by atoms with van der Waals surface area (Å²) in [5.74, 6) is -0.0455. The van der Waals surface area contributed by atoms with Gasteiger partial charge in [-0.05, 0) is 39.0 Å². The summed E-state index contributed by atoms with van der Waals surface area (Å²) in [6.45, 7) is 3.68. The monoisotopic (exact) mass is 290 g/mol. The number of carbonyl (C=O) groups is 1. The molecule has 0 unspecified atom stereocenters. The highest BCUT2D eigenvalue weighted by atomic mass is 19.4. The second kappa shape index (κ2) is 6.02. The Labute approximate surface area is 114 Å². The molecular weight excluding hydrogens is 275 g/mol. The van der Waals surface area contributed by atoms with Crippen molar-refractivity contribution in [3.05, 3.63) is 24.3 Å². The molecule has 1 rings (SSSR count). The smallest absolute Gasteiger partial charge is 0.422 e. The van der Waals surface area contributed by atoms with E-state index in [1.165, 1.54) is 18.2 Å². The standard InChI is InChI=1S/C13H15F3NO3/c1-12(2,3)20-11(18)17-9-5-4-6-10(7-9)19-8-13(14,15)16/h5-7H,8H2,1-3H3,(H,17,18). The Balaban J connectivity index is 2.62. The van der Waals surface area contributed by atoms with Gasteiger partial charge in [0.05, 0.1) is 0 Å². The number of halogens is 3. The van der Waals surface area contributed by atoms with E-state index < -0.39 is 24.5 Å². The van der Waals surface area contributed by atoms with Crippen LogP contribution in [0.4, 0.5) is 23.7 Å². The van der Waals surface area contributed by atoms with Crippen LogP contribution < -0.4 is 10.1 Å². The fourth-order valence-corrected chi connectivity index (χ4v) is 1.19. The van der Waals surface area contributed by atoms with Crippen LogP contribution in [0.3, 0.4) is 0 Å². The minimum absolute atomic E-state index is 0.0455.